The van der Waals surface area contributed by atoms with Gasteiger partial charge in [-0.3, -0.25) is 14.4 Å². The van der Waals surface area contributed by atoms with Crippen LogP contribution in [0.1, 0.15) is 42.2 Å². The van der Waals surface area contributed by atoms with Crippen molar-refractivity contribution < 1.29 is 26.2 Å². The van der Waals surface area contributed by atoms with Crippen molar-refractivity contribution >= 4 is 33.3 Å². The molecular weight excluding hydrogens is 504 g/mol. The Bertz CT molecular complexity index is 1410. The van der Waals surface area contributed by atoms with Crippen LogP contribution in [0.4, 0.5) is 8.78 Å². The van der Waals surface area contributed by atoms with E-state index in [-0.39, 0.29) is 18.1 Å². The number of aliphatic imine (C=N–C) groups is 1. The Hall–Kier alpha value is -3.38. The first-order valence-electron chi connectivity index (χ1n) is 10.5. The topological polar surface area (TPSA) is 116 Å². The Balaban J connectivity index is 1.94. The molecule has 4 rings (SSSR count). The fraction of sp³-hybridized carbons (Fsp3) is 0.273. The summed E-state index contributed by atoms with van der Waals surface area (Å²) >= 11 is 6.05. The lowest BCUT2D eigenvalue weighted by molar-refractivity contribution is -0.121. The van der Waals surface area contributed by atoms with Crippen molar-refractivity contribution in [2.45, 2.75) is 32.1 Å². The molecule has 2 aromatic carbocycles. The highest BCUT2D eigenvalue weighted by Gasteiger charge is 2.31. The van der Waals surface area contributed by atoms with Crippen LogP contribution in [0.3, 0.4) is 0 Å². The summed E-state index contributed by atoms with van der Waals surface area (Å²) in [5, 5.41) is 11.6. The molecule has 0 aliphatic carbocycles. The van der Waals surface area contributed by atoms with Crippen molar-refractivity contribution in [3.63, 3.8) is 0 Å². The molecule has 0 saturated heterocycles. The van der Waals surface area contributed by atoms with E-state index in [1.807, 2.05) is 0 Å². The molecule has 1 aromatic heterocycles. The SMILES string of the molecule is CCNC(=O)CC1N=C(c2ccc(Cl)cc2)c2cc(OS(=O)(=O)C(F)F)ccc2-n2c(C)nnc21. The van der Waals surface area contributed by atoms with Crippen LogP contribution in [0.25, 0.3) is 5.69 Å². The number of halogens is 3. The average Bonchev–Trinajstić information content (AvgIpc) is 3.12. The third-order valence-electron chi connectivity index (χ3n) is 5.20. The number of alkyl halides is 2. The van der Waals surface area contributed by atoms with E-state index in [2.05, 4.69) is 19.7 Å². The molecule has 184 valence electrons. The number of fused-ring (bicyclic) bond motifs is 3. The van der Waals surface area contributed by atoms with Crippen LogP contribution >= 0.6 is 11.6 Å². The standard InChI is InChI=1S/C22H20ClF2N5O4S/c1-3-26-19(31)11-17-21-29-28-12(2)30(21)18-9-8-15(34-35(32,33)22(24)25)10-16(18)20(27-17)13-4-6-14(23)7-5-13/h4-10,17,22H,3,11H2,1-2H3,(H,26,31). The summed E-state index contributed by atoms with van der Waals surface area (Å²) in [6.07, 6.45) is -0.0276. The summed E-state index contributed by atoms with van der Waals surface area (Å²) in [7, 11) is -5.14. The van der Waals surface area contributed by atoms with Gasteiger partial charge in [0.1, 0.15) is 17.6 Å². The second-order valence-electron chi connectivity index (χ2n) is 7.61. The maximum atomic E-state index is 12.9. The molecule has 0 spiro atoms. The summed E-state index contributed by atoms with van der Waals surface area (Å²) in [4.78, 5) is 17.3. The number of nitrogens with one attached hydrogen (secondary N) is 1. The van der Waals surface area contributed by atoms with Crippen molar-refractivity contribution in [1.82, 2.24) is 20.1 Å². The van der Waals surface area contributed by atoms with Crippen molar-refractivity contribution in [2.24, 2.45) is 4.99 Å². The third kappa shape index (κ3) is 5.03. The summed E-state index contributed by atoms with van der Waals surface area (Å²) in [5.74, 6) is -3.39. The quantitative estimate of drug-likeness (QED) is 0.473. The minimum atomic E-state index is -5.14. The van der Waals surface area contributed by atoms with Gasteiger partial charge in [0.25, 0.3) is 0 Å². The average molecular weight is 524 g/mol. The molecule has 9 nitrogen and oxygen atoms in total. The number of nitrogens with zero attached hydrogens (tertiary/aromatic N) is 4. The number of carbonyl (C=O) groups excluding carboxylic acids is 1. The molecule has 1 atom stereocenters. The lowest BCUT2D eigenvalue weighted by atomic mass is 10.00. The molecule has 0 saturated carbocycles. The zero-order valence-electron chi connectivity index (χ0n) is 18.6. The van der Waals surface area contributed by atoms with Gasteiger partial charge in [0.05, 0.1) is 17.8 Å². The van der Waals surface area contributed by atoms with Gasteiger partial charge < -0.3 is 9.50 Å². The van der Waals surface area contributed by atoms with E-state index in [9.17, 15) is 22.0 Å². The number of hydrogen-bond acceptors (Lipinski definition) is 7. The lowest BCUT2D eigenvalue weighted by Crippen LogP contribution is -2.25. The number of carbonyl (C=O) groups is 1. The molecule has 3 aromatic rings. The van der Waals surface area contributed by atoms with Gasteiger partial charge in [-0.25, -0.2) is 0 Å². The van der Waals surface area contributed by atoms with Gasteiger partial charge in [-0.2, -0.15) is 17.2 Å². The number of aryl methyl sites for hydroxylation is 1. The van der Waals surface area contributed by atoms with Crippen LogP contribution in [0, 0.1) is 6.92 Å². The minimum Gasteiger partial charge on any atom is -0.378 e. The number of benzene rings is 2. The van der Waals surface area contributed by atoms with Crippen LogP contribution in [0.15, 0.2) is 47.5 Å². The van der Waals surface area contributed by atoms with Crippen LogP contribution in [-0.4, -0.2) is 47.1 Å². The molecular formula is C22H20ClF2N5O4S. The molecule has 13 heteroatoms. The molecule has 0 radical (unpaired) electrons. The van der Waals surface area contributed by atoms with Gasteiger partial charge in [0, 0.05) is 22.7 Å². The Kier molecular flexibility index (Phi) is 6.86. The second kappa shape index (κ2) is 9.70. The summed E-state index contributed by atoms with van der Waals surface area (Å²) in [6.45, 7) is 3.94. The van der Waals surface area contributed by atoms with Crippen LogP contribution in [-0.2, 0) is 14.9 Å². The number of rotatable bonds is 7. The van der Waals surface area contributed by atoms with E-state index >= 15 is 0 Å². The summed E-state index contributed by atoms with van der Waals surface area (Å²) < 4.78 is 55.5. The highest BCUT2D eigenvalue weighted by Crippen LogP contribution is 2.35. The van der Waals surface area contributed by atoms with E-state index in [4.69, 9.17) is 16.6 Å². The maximum absolute atomic E-state index is 12.9. The van der Waals surface area contributed by atoms with E-state index < -0.39 is 21.9 Å². The van der Waals surface area contributed by atoms with Gasteiger partial charge in [-0.15, -0.1) is 10.2 Å². The van der Waals surface area contributed by atoms with Crippen molar-refractivity contribution in [1.29, 1.82) is 0 Å². The van der Waals surface area contributed by atoms with Crippen LogP contribution in [0.2, 0.25) is 5.02 Å². The van der Waals surface area contributed by atoms with E-state index in [0.717, 1.165) is 0 Å². The fourth-order valence-corrected chi connectivity index (χ4v) is 4.29. The Labute approximate surface area is 204 Å². The summed E-state index contributed by atoms with van der Waals surface area (Å²) in [6, 6.07) is 10.0. The van der Waals surface area contributed by atoms with Gasteiger partial charge in [-0.05, 0) is 44.2 Å². The lowest BCUT2D eigenvalue weighted by Gasteiger charge is -2.14. The number of hydrogen-bond donors (Lipinski definition) is 1. The predicted molar refractivity (Wildman–Crippen MR) is 125 cm³/mol. The van der Waals surface area contributed by atoms with Crippen LogP contribution < -0.4 is 9.50 Å². The predicted octanol–water partition coefficient (Wildman–Crippen LogP) is 3.58. The molecule has 0 fully saturated rings. The maximum Gasteiger partial charge on any atom is 0.372 e. The minimum absolute atomic E-state index is 0.0276. The summed E-state index contributed by atoms with van der Waals surface area (Å²) in [5.41, 5.74) is 1.85. The molecule has 2 heterocycles. The first-order valence-corrected chi connectivity index (χ1v) is 12.3. The van der Waals surface area contributed by atoms with Crippen molar-refractivity contribution in [3.8, 4) is 11.4 Å². The first kappa shape index (κ1) is 24.7. The van der Waals surface area contributed by atoms with Crippen LogP contribution in [0.5, 0.6) is 5.75 Å². The molecule has 1 amide bonds. The third-order valence-corrected chi connectivity index (χ3v) is 6.31. The monoisotopic (exact) mass is 523 g/mol. The van der Waals surface area contributed by atoms with Crippen molar-refractivity contribution in [3.05, 3.63) is 70.3 Å². The molecule has 1 N–H and O–H groups in total. The molecule has 1 aliphatic heterocycles. The second-order valence-corrected chi connectivity index (χ2v) is 9.56. The smallest absolute Gasteiger partial charge is 0.372 e. The fourth-order valence-electron chi connectivity index (χ4n) is 3.72. The zero-order valence-corrected chi connectivity index (χ0v) is 20.1. The van der Waals surface area contributed by atoms with E-state index in [1.54, 1.807) is 42.7 Å². The first-order chi connectivity index (χ1) is 16.6. The largest absolute Gasteiger partial charge is 0.378 e. The van der Waals surface area contributed by atoms with Gasteiger partial charge >= 0.3 is 15.9 Å². The molecule has 1 aliphatic rings. The van der Waals surface area contributed by atoms with Gasteiger partial charge in [0.2, 0.25) is 5.91 Å². The number of amides is 1. The zero-order chi connectivity index (χ0) is 25.3. The molecule has 35 heavy (non-hydrogen) atoms. The normalized spacial score (nSPS) is 15.1. The Morgan fingerprint density at radius 2 is 1.91 bits per heavy atom. The highest BCUT2D eigenvalue weighted by atomic mass is 35.5. The van der Waals surface area contributed by atoms with E-state index in [0.29, 0.717) is 45.7 Å². The molecule has 0 bridgehead atoms. The van der Waals surface area contributed by atoms with Crippen molar-refractivity contribution in [2.75, 3.05) is 6.54 Å². The Morgan fingerprint density at radius 3 is 2.57 bits per heavy atom. The highest BCUT2D eigenvalue weighted by molar-refractivity contribution is 7.87. The Morgan fingerprint density at radius 1 is 1.20 bits per heavy atom. The van der Waals surface area contributed by atoms with Gasteiger partial charge in [-0.1, -0.05) is 23.7 Å². The van der Waals surface area contributed by atoms with E-state index in [1.165, 1.54) is 18.2 Å². The number of aromatic nitrogens is 3. The molecule has 1 unspecified atom stereocenters. The van der Waals surface area contributed by atoms with Gasteiger partial charge in [0.15, 0.2) is 5.82 Å².